The molecule has 2 aliphatic heterocycles. The molecule has 1 N–H and O–H groups in total. The van der Waals surface area contributed by atoms with Crippen LogP contribution >= 0.6 is 0 Å². The highest BCUT2D eigenvalue weighted by molar-refractivity contribution is 5.82. The molecule has 0 aromatic heterocycles. The highest BCUT2D eigenvalue weighted by Crippen LogP contribution is 2.43. The van der Waals surface area contributed by atoms with E-state index in [1.165, 1.54) is 0 Å². The fourth-order valence-electron chi connectivity index (χ4n) is 4.22. The first-order chi connectivity index (χ1) is 12.5. The summed E-state index contributed by atoms with van der Waals surface area (Å²) in [6.45, 7) is 6.44. The van der Waals surface area contributed by atoms with Crippen LogP contribution in [0.4, 0.5) is 0 Å². The molecule has 2 atom stereocenters. The number of likely N-dealkylation sites (tertiary alicyclic amines) is 2. The lowest BCUT2D eigenvalue weighted by molar-refractivity contribution is -0.149. The first-order valence-electron chi connectivity index (χ1n) is 8.96. The van der Waals surface area contributed by atoms with Crippen molar-refractivity contribution in [2.45, 2.75) is 12.8 Å². The van der Waals surface area contributed by atoms with Crippen LogP contribution in [0.5, 0.6) is 5.75 Å². The summed E-state index contributed by atoms with van der Waals surface area (Å²) in [5.74, 6) is -0.00575. The van der Waals surface area contributed by atoms with Crippen LogP contribution in [-0.2, 0) is 16.0 Å². The normalized spacial score (nSPS) is 25.1. The van der Waals surface area contributed by atoms with Gasteiger partial charge in [0.05, 0.1) is 7.11 Å². The van der Waals surface area contributed by atoms with E-state index in [9.17, 15) is 14.7 Å². The lowest BCUT2D eigenvalue weighted by Crippen LogP contribution is -2.42. The molecule has 26 heavy (non-hydrogen) atoms. The number of fused-ring (bicyclic) bond motifs is 1. The molecule has 2 unspecified atom stereocenters. The molecule has 6 heteroatoms. The Balaban J connectivity index is 1.61. The summed E-state index contributed by atoms with van der Waals surface area (Å²) in [5.41, 5.74) is 0.205. The van der Waals surface area contributed by atoms with Crippen LogP contribution in [0.3, 0.4) is 0 Å². The van der Waals surface area contributed by atoms with Crippen molar-refractivity contribution in [3.05, 3.63) is 42.5 Å². The zero-order chi connectivity index (χ0) is 18.7. The Bertz CT molecular complexity index is 705. The number of carboxylic acids is 1. The first kappa shape index (κ1) is 18.5. The van der Waals surface area contributed by atoms with E-state index in [1.54, 1.807) is 18.1 Å². The maximum Gasteiger partial charge on any atom is 0.313 e. The number of amides is 1. The van der Waals surface area contributed by atoms with E-state index >= 15 is 0 Å². The minimum Gasteiger partial charge on any atom is -0.497 e. The lowest BCUT2D eigenvalue weighted by Gasteiger charge is -2.25. The predicted molar refractivity (Wildman–Crippen MR) is 98.1 cm³/mol. The Hall–Kier alpha value is -2.34. The number of aliphatic carboxylic acids is 1. The molecule has 140 valence electrons. The number of hydrogen-bond donors (Lipinski definition) is 1. The van der Waals surface area contributed by atoms with Gasteiger partial charge in [0.25, 0.3) is 0 Å². The summed E-state index contributed by atoms with van der Waals surface area (Å²) in [4.78, 5) is 28.5. The Labute approximate surface area is 154 Å². The molecule has 2 heterocycles. The van der Waals surface area contributed by atoms with Crippen molar-refractivity contribution in [2.24, 2.45) is 11.3 Å². The largest absolute Gasteiger partial charge is 0.497 e. The number of carbonyl (C=O) groups excluding carboxylic acids is 1. The van der Waals surface area contributed by atoms with Gasteiger partial charge in [-0.25, -0.2) is 0 Å². The topological polar surface area (TPSA) is 70.1 Å². The standard InChI is InChI=1S/C20H26N2O4/c1-3-9-21-11-16-12-22(14-20(16,13-21)19(24)25)18(23)8-7-15-5-4-6-17(10-15)26-2/h3-6,10,16H,1,7-9,11-14H2,2H3,(H,24,25). The molecule has 2 saturated heterocycles. The summed E-state index contributed by atoms with van der Waals surface area (Å²) in [7, 11) is 1.62. The van der Waals surface area contributed by atoms with Crippen molar-refractivity contribution in [3.63, 3.8) is 0 Å². The molecule has 0 aliphatic carbocycles. The molecule has 6 nitrogen and oxygen atoms in total. The second-order valence-electron chi connectivity index (χ2n) is 7.27. The van der Waals surface area contributed by atoms with Gasteiger partial charge < -0.3 is 14.7 Å². The van der Waals surface area contributed by atoms with Crippen molar-refractivity contribution in [1.82, 2.24) is 9.80 Å². The molecule has 0 saturated carbocycles. The molecule has 0 spiro atoms. The van der Waals surface area contributed by atoms with Crippen molar-refractivity contribution in [3.8, 4) is 5.75 Å². The number of aryl methyl sites for hydroxylation is 1. The van der Waals surface area contributed by atoms with Gasteiger partial charge in [-0.15, -0.1) is 6.58 Å². The van der Waals surface area contributed by atoms with Crippen LogP contribution < -0.4 is 4.74 Å². The van der Waals surface area contributed by atoms with Gasteiger partial charge in [0.2, 0.25) is 5.91 Å². The third-order valence-electron chi connectivity index (χ3n) is 5.61. The molecular formula is C20H26N2O4. The first-order valence-corrected chi connectivity index (χ1v) is 8.96. The molecule has 1 aromatic carbocycles. The number of methoxy groups -OCH3 is 1. The third kappa shape index (κ3) is 3.46. The van der Waals surface area contributed by atoms with Crippen LogP contribution in [0.1, 0.15) is 12.0 Å². The number of benzene rings is 1. The number of hydrogen-bond acceptors (Lipinski definition) is 4. The number of ether oxygens (including phenoxy) is 1. The number of carbonyl (C=O) groups is 2. The average Bonchev–Trinajstić information content (AvgIpc) is 3.15. The van der Waals surface area contributed by atoms with E-state index in [1.807, 2.05) is 24.3 Å². The van der Waals surface area contributed by atoms with Crippen molar-refractivity contribution in [1.29, 1.82) is 0 Å². The van der Waals surface area contributed by atoms with E-state index in [0.717, 1.165) is 11.3 Å². The Morgan fingerprint density at radius 3 is 2.85 bits per heavy atom. The van der Waals surface area contributed by atoms with Gasteiger partial charge in [0, 0.05) is 45.1 Å². The van der Waals surface area contributed by atoms with Crippen LogP contribution in [0.15, 0.2) is 36.9 Å². The minimum atomic E-state index is -0.839. The molecule has 1 aromatic rings. The molecular weight excluding hydrogens is 332 g/mol. The monoisotopic (exact) mass is 358 g/mol. The number of rotatable bonds is 7. The van der Waals surface area contributed by atoms with Gasteiger partial charge in [-0.1, -0.05) is 18.2 Å². The average molecular weight is 358 g/mol. The van der Waals surface area contributed by atoms with Gasteiger partial charge in [-0.2, -0.15) is 0 Å². The van der Waals surface area contributed by atoms with Crippen LogP contribution in [0.25, 0.3) is 0 Å². The minimum absolute atomic E-state index is 0.0132. The summed E-state index contributed by atoms with van der Waals surface area (Å²) in [6, 6.07) is 7.68. The van der Waals surface area contributed by atoms with Gasteiger partial charge in [-0.05, 0) is 24.1 Å². The zero-order valence-electron chi connectivity index (χ0n) is 15.2. The summed E-state index contributed by atoms with van der Waals surface area (Å²) >= 11 is 0. The maximum absolute atomic E-state index is 12.6. The second-order valence-corrected chi connectivity index (χ2v) is 7.27. The highest BCUT2D eigenvalue weighted by atomic mass is 16.5. The molecule has 0 radical (unpaired) electrons. The Morgan fingerprint density at radius 2 is 2.19 bits per heavy atom. The SMILES string of the molecule is C=CCN1CC2CN(C(=O)CCc3cccc(OC)c3)CC2(C(=O)O)C1. The maximum atomic E-state index is 12.6. The van der Waals surface area contributed by atoms with E-state index < -0.39 is 11.4 Å². The second kappa shape index (κ2) is 7.50. The molecule has 2 fully saturated rings. The van der Waals surface area contributed by atoms with Gasteiger partial charge in [0.15, 0.2) is 0 Å². The molecule has 0 bridgehead atoms. The van der Waals surface area contributed by atoms with Crippen LogP contribution in [-0.4, -0.2) is 66.6 Å². The van der Waals surface area contributed by atoms with Crippen LogP contribution in [0, 0.1) is 11.3 Å². The third-order valence-corrected chi connectivity index (χ3v) is 5.61. The fourth-order valence-corrected chi connectivity index (χ4v) is 4.22. The highest BCUT2D eigenvalue weighted by Gasteiger charge is 2.58. The lowest BCUT2D eigenvalue weighted by atomic mass is 9.81. The van der Waals surface area contributed by atoms with Gasteiger partial charge >= 0.3 is 5.97 Å². The summed E-state index contributed by atoms with van der Waals surface area (Å²) < 4.78 is 5.21. The molecule has 2 aliphatic rings. The van der Waals surface area contributed by atoms with E-state index in [2.05, 4.69) is 11.5 Å². The Kier molecular flexibility index (Phi) is 5.32. The van der Waals surface area contributed by atoms with Crippen molar-refractivity contribution >= 4 is 11.9 Å². The van der Waals surface area contributed by atoms with E-state index in [4.69, 9.17) is 4.74 Å². The molecule has 3 rings (SSSR count). The van der Waals surface area contributed by atoms with E-state index in [0.29, 0.717) is 45.6 Å². The van der Waals surface area contributed by atoms with E-state index in [-0.39, 0.29) is 11.8 Å². The summed E-state index contributed by atoms with van der Waals surface area (Å²) in [6.07, 6.45) is 2.81. The summed E-state index contributed by atoms with van der Waals surface area (Å²) in [5, 5.41) is 9.82. The predicted octanol–water partition coefficient (Wildman–Crippen LogP) is 1.66. The smallest absolute Gasteiger partial charge is 0.313 e. The molecule has 1 amide bonds. The Morgan fingerprint density at radius 1 is 1.38 bits per heavy atom. The van der Waals surface area contributed by atoms with Crippen molar-refractivity contribution < 1.29 is 19.4 Å². The number of carboxylic acid groups (broad SMARTS) is 1. The van der Waals surface area contributed by atoms with Crippen LogP contribution in [0.2, 0.25) is 0 Å². The van der Waals surface area contributed by atoms with Crippen molar-refractivity contribution in [2.75, 3.05) is 39.8 Å². The van der Waals surface area contributed by atoms with Gasteiger partial charge in [0.1, 0.15) is 11.2 Å². The van der Waals surface area contributed by atoms with Gasteiger partial charge in [-0.3, -0.25) is 14.5 Å². The zero-order valence-corrected chi connectivity index (χ0v) is 15.2. The fraction of sp³-hybridized carbons (Fsp3) is 0.500. The quantitative estimate of drug-likeness (QED) is 0.751. The number of nitrogens with zero attached hydrogens (tertiary/aromatic N) is 2.